The van der Waals surface area contributed by atoms with Crippen LogP contribution in [-0.4, -0.2) is 20.3 Å². The van der Waals surface area contributed by atoms with Gasteiger partial charge in [0.25, 0.3) is 0 Å². The molecule has 0 fully saturated rings. The molecule has 0 saturated heterocycles. The third kappa shape index (κ3) is 5.05. The smallest absolute Gasteiger partial charge is 0.211 e. The van der Waals surface area contributed by atoms with Crippen molar-refractivity contribution < 1.29 is 8.42 Å². The van der Waals surface area contributed by atoms with Crippen LogP contribution in [0.5, 0.6) is 0 Å². The van der Waals surface area contributed by atoms with Gasteiger partial charge < -0.3 is 0 Å². The molecule has 0 amide bonds. The van der Waals surface area contributed by atoms with E-state index < -0.39 is 10.0 Å². The van der Waals surface area contributed by atoms with Gasteiger partial charge in [0, 0.05) is 21.9 Å². The van der Waals surface area contributed by atoms with Gasteiger partial charge in [-0.25, -0.2) is 13.1 Å². The second-order valence-electron chi connectivity index (χ2n) is 4.04. The highest BCUT2D eigenvalue weighted by molar-refractivity contribution is 9.09. The van der Waals surface area contributed by atoms with Crippen LogP contribution in [0.4, 0.5) is 0 Å². The van der Waals surface area contributed by atoms with Gasteiger partial charge in [-0.1, -0.05) is 46.1 Å². The number of sulfonamides is 1. The molecular weight excluding hydrogens is 361 g/mol. The van der Waals surface area contributed by atoms with Gasteiger partial charge in [-0.3, -0.25) is 0 Å². The van der Waals surface area contributed by atoms with Crippen LogP contribution < -0.4 is 4.72 Å². The predicted octanol–water partition coefficient (Wildman–Crippen LogP) is 3.69. The van der Waals surface area contributed by atoms with E-state index in [0.717, 1.165) is 11.8 Å². The Morgan fingerprint density at radius 3 is 2.33 bits per heavy atom. The number of rotatable bonds is 6. The molecule has 0 spiro atoms. The van der Waals surface area contributed by atoms with Crippen molar-refractivity contribution in [3.63, 3.8) is 0 Å². The van der Waals surface area contributed by atoms with Crippen molar-refractivity contribution in [3.8, 4) is 0 Å². The molecule has 1 atom stereocenters. The lowest BCUT2D eigenvalue weighted by atomic mass is 10.1. The highest BCUT2D eigenvalue weighted by Crippen LogP contribution is 2.22. The standard InChI is InChI=1S/C11H14BrCl2NO2S/c1-8(2-3-12)7-15-18(16,17)11-5-9(13)4-10(14)6-11/h4-6,8,15H,2-3,7H2,1H3. The summed E-state index contributed by atoms with van der Waals surface area (Å²) in [5, 5.41) is 1.45. The molecule has 1 aromatic rings. The molecule has 0 aromatic heterocycles. The molecular formula is C11H14BrCl2NO2S. The van der Waals surface area contributed by atoms with Gasteiger partial charge in [-0.15, -0.1) is 0 Å². The van der Waals surface area contributed by atoms with Crippen LogP contribution >= 0.6 is 39.1 Å². The molecule has 18 heavy (non-hydrogen) atoms. The number of alkyl halides is 1. The first-order valence-electron chi connectivity index (χ1n) is 5.37. The quantitative estimate of drug-likeness (QED) is 0.771. The minimum atomic E-state index is -3.55. The molecule has 0 heterocycles. The molecule has 0 aliphatic rings. The summed E-state index contributed by atoms with van der Waals surface area (Å²) in [5.41, 5.74) is 0. The molecule has 0 saturated carbocycles. The molecule has 1 aromatic carbocycles. The van der Waals surface area contributed by atoms with Crippen LogP contribution in [-0.2, 0) is 10.0 Å². The van der Waals surface area contributed by atoms with E-state index in [4.69, 9.17) is 23.2 Å². The molecule has 0 bridgehead atoms. The maximum atomic E-state index is 12.0. The van der Waals surface area contributed by atoms with Gasteiger partial charge in [-0.2, -0.15) is 0 Å². The van der Waals surface area contributed by atoms with E-state index in [0.29, 0.717) is 16.6 Å². The van der Waals surface area contributed by atoms with Crippen molar-refractivity contribution in [2.75, 3.05) is 11.9 Å². The normalized spacial score (nSPS) is 13.6. The van der Waals surface area contributed by atoms with Gasteiger partial charge in [0.05, 0.1) is 4.90 Å². The van der Waals surface area contributed by atoms with Crippen molar-refractivity contribution in [2.24, 2.45) is 5.92 Å². The summed E-state index contributed by atoms with van der Waals surface area (Å²) in [4.78, 5) is 0.0889. The minimum absolute atomic E-state index is 0.0889. The van der Waals surface area contributed by atoms with Crippen LogP contribution in [0.2, 0.25) is 10.0 Å². The van der Waals surface area contributed by atoms with Crippen molar-refractivity contribution in [1.29, 1.82) is 0 Å². The monoisotopic (exact) mass is 373 g/mol. The van der Waals surface area contributed by atoms with E-state index in [1.165, 1.54) is 18.2 Å². The van der Waals surface area contributed by atoms with E-state index in [-0.39, 0.29) is 10.8 Å². The number of nitrogens with one attached hydrogen (secondary N) is 1. The van der Waals surface area contributed by atoms with Crippen LogP contribution in [0.3, 0.4) is 0 Å². The van der Waals surface area contributed by atoms with E-state index >= 15 is 0 Å². The summed E-state index contributed by atoms with van der Waals surface area (Å²) in [5.74, 6) is 0.258. The fourth-order valence-corrected chi connectivity index (χ4v) is 3.98. The minimum Gasteiger partial charge on any atom is -0.211 e. The average molecular weight is 375 g/mol. The van der Waals surface area contributed by atoms with Crippen LogP contribution in [0.15, 0.2) is 23.1 Å². The van der Waals surface area contributed by atoms with E-state index in [9.17, 15) is 8.42 Å². The van der Waals surface area contributed by atoms with E-state index in [2.05, 4.69) is 20.7 Å². The number of hydrogen-bond donors (Lipinski definition) is 1. The zero-order valence-corrected chi connectivity index (χ0v) is 13.7. The second kappa shape index (κ2) is 7.10. The van der Waals surface area contributed by atoms with Crippen molar-refractivity contribution in [3.05, 3.63) is 28.2 Å². The number of hydrogen-bond acceptors (Lipinski definition) is 2. The maximum absolute atomic E-state index is 12.0. The zero-order chi connectivity index (χ0) is 13.8. The largest absolute Gasteiger partial charge is 0.240 e. The molecule has 102 valence electrons. The summed E-state index contributed by atoms with van der Waals surface area (Å²) < 4.78 is 26.6. The third-order valence-electron chi connectivity index (χ3n) is 2.37. The first kappa shape index (κ1) is 16.2. The molecule has 1 unspecified atom stereocenters. The Morgan fingerprint density at radius 2 is 1.83 bits per heavy atom. The Bertz CT molecular complexity index is 488. The number of benzene rings is 1. The van der Waals surface area contributed by atoms with E-state index in [1.807, 2.05) is 6.92 Å². The van der Waals surface area contributed by atoms with Crippen molar-refractivity contribution in [1.82, 2.24) is 4.72 Å². The highest BCUT2D eigenvalue weighted by Gasteiger charge is 2.16. The zero-order valence-electron chi connectivity index (χ0n) is 9.79. The number of halogens is 3. The lowest BCUT2D eigenvalue weighted by Gasteiger charge is -2.12. The second-order valence-corrected chi connectivity index (χ2v) is 7.47. The van der Waals surface area contributed by atoms with Gasteiger partial charge in [0.15, 0.2) is 0 Å². The molecule has 3 nitrogen and oxygen atoms in total. The van der Waals surface area contributed by atoms with Crippen LogP contribution in [0, 0.1) is 5.92 Å². The first-order chi connectivity index (χ1) is 8.35. The molecule has 1 N–H and O–H groups in total. The van der Waals surface area contributed by atoms with Gasteiger partial charge in [0.1, 0.15) is 0 Å². The van der Waals surface area contributed by atoms with E-state index in [1.54, 1.807) is 0 Å². The van der Waals surface area contributed by atoms with Crippen LogP contribution in [0.1, 0.15) is 13.3 Å². The Kier molecular flexibility index (Phi) is 6.41. The van der Waals surface area contributed by atoms with Crippen molar-refractivity contribution >= 4 is 49.2 Å². The summed E-state index contributed by atoms with van der Waals surface area (Å²) in [6, 6.07) is 4.26. The molecule has 0 radical (unpaired) electrons. The molecule has 0 aliphatic heterocycles. The lowest BCUT2D eigenvalue weighted by molar-refractivity contribution is 0.532. The lowest BCUT2D eigenvalue weighted by Crippen LogP contribution is -2.28. The fourth-order valence-electron chi connectivity index (χ4n) is 1.31. The van der Waals surface area contributed by atoms with Gasteiger partial charge >= 0.3 is 0 Å². The van der Waals surface area contributed by atoms with Gasteiger partial charge in [0.2, 0.25) is 10.0 Å². The third-order valence-corrected chi connectivity index (χ3v) is 4.67. The molecule has 7 heteroatoms. The Hall–Kier alpha value is 0.190. The highest BCUT2D eigenvalue weighted by atomic mass is 79.9. The Morgan fingerprint density at radius 1 is 1.28 bits per heavy atom. The first-order valence-corrected chi connectivity index (χ1v) is 8.73. The summed E-state index contributed by atoms with van der Waals surface area (Å²) >= 11 is 14.9. The Balaban J connectivity index is 2.80. The fraction of sp³-hybridized carbons (Fsp3) is 0.455. The van der Waals surface area contributed by atoms with Crippen LogP contribution in [0.25, 0.3) is 0 Å². The average Bonchev–Trinajstić information content (AvgIpc) is 2.26. The summed E-state index contributed by atoms with van der Waals surface area (Å²) in [7, 11) is -3.55. The molecule has 0 aliphatic carbocycles. The maximum Gasteiger partial charge on any atom is 0.240 e. The Labute approximate surface area is 126 Å². The topological polar surface area (TPSA) is 46.2 Å². The summed E-state index contributed by atoms with van der Waals surface area (Å²) in [6.45, 7) is 2.37. The predicted molar refractivity (Wildman–Crippen MR) is 79.2 cm³/mol. The van der Waals surface area contributed by atoms with Gasteiger partial charge in [-0.05, 0) is 30.5 Å². The van der Waals surface area contributed by atoms with Crippen molar-refractivity contribution in [2.45, 2.75) is 18.2 Å². The SMILES string of the molecule is CC(CCBr)CNS(=O)(=O)c1cc(Cl)cc(Cl)c1. The summed E-state index contributed by atoms with van der Waals surface area (Å²) in [6.07, 6.45) is 0.902. The molecule has 1 rings (SSSR count).